The molecule has 1 saturated heterocycles. The Kier molecular flexibility index (Phi) is 5.10. The third kappa shape index (κ3) is 3.78. The number of carbonyl (C=O) groups excluding carboxylic acids is 2. The smallest absolute Gasteiger partial charge is 0.310 e. The summed E-state index contributed by atoms with van der Waals surface area (Å²) < 4.78 is 28.1. The molecule has 1 aromatic heterocycles. The van der Waals surface area contributed by atoms with Gasteiger partial charge in [-0.25, -0.2) is 13.4 Å². The highest BCUT2D eigenvalue weighted by Gasteiger charge is 2.30. The van der Waals surface area contributed by atoms with Crippen molar-refractivity contribution in [2.45, 2.75) is 11.3 Å². The first-order valence-corrected chi connectivity index (χ1v) is 10.6. The lowest BCUT2D eigenvalue weighted by Crippen LogP contribution is -2.23. The summed E-state index contributed by atoms with van der Waals surface area (Å²) in [7, 11) is -2.01. The Bertz CT molecular complexity index is 952. The Morgan fingerprint density at radius 2 is 2.12 bits per heavy atom. The number of methoxy groups -OCH3 is 1. The first kappa shape index (κ1) is 18.5. The zero-order chi connectivity index (χ0) is 18.9. The molecule has 9 heteroatoms. The van der Waals surface area contributed by atoms with Gasteiger partial charge in [0.25, 0.3) is 0 Å². The van der Waals surface area contributed by atoms with Gasteiger partial charge in [-0.3, -0.25) is 9.59 Å². The SMILES string of the molecule is COC(=O)C1CCN(c2ncc(C(=O)c3cccc(S(C)(=O)=O)c3)s2)C1. The van der Waals surface area contributed by atoms with Crippen LogP contribution in [0.15, 0.2) is 35.4 Å². The summed E-state index contributed by atoms with van der Waals surface area (Å²) in [6.45, 7) is 1.18. The molecule has 1 aromatic carbocycles. The molecule has 2 aromatic rings. The number of benzene rings is 1. The summed E-state index contributed by atoms with van der Waals surface area (Å²) in [5, 5.41) is 0.666. The molecular weight excluding hydrogens is 376 g/mol. The van der Waals surface area contributed by atoms with E-state index in [4.69, 9.17) is 4.74 Å². The first-order valence-electron chi connectivity index (χ1n) is 7.93. The number of hydrogen-bond donors (Lipinski definition) is 0. The topological polar surface area (TPSA) is 93.6 Å². The van der Waals surface area contributed by atoms with Crippen molar-refractivity contribution in [1.29, 1.82) is 0 Å². The maximum atomic E-state index is 12.7. The first-order chi connectivity index (χ1) is 12.3. The van der Waals surface area contributed by atoms with Gasteiger partial charge in [-0.05, 0) is 18.6 Å². The van der Waals surface area contributed by atoms with Gasteiger partial charge in [-0.1, -0.05) is 23.5 Å². The van der Waals surface area contributed by atoms with Crippen molar-refractivity contribution in [3.63, 3.8) is 0 Å². The number of anilines is 1. The Balaban J connectivity index is 1.78. The number of ketones is 1. The molecule has 1 aliphatic rings. The second-order valence-corrected chi connectivity index (χ2v) is 9.12. The summed E-state index contributed by atoms with van der Waals surface area (Å²) in [5.41, 5.74) is 0.303. The molecule has 0 amide bonds. The molecule has 0 spiro atoms. The van der Waals surface area contributed by atoms with Crippen LogP contribution in [0.1, 0.15) is 21.7 Å². The van der Waals surface area contributed by atoms with E-state index < -0.39 is 9.84 Å². The quantitative estimate of drug-likeness (QED) is 0.563. The van der Waals surface area contributed by atoms with Crippen LogP contribution in [0.3, 0.4) is 0 Å². The van der Waals surface area contributed by atoms with Crippen molar-refractivity contribution < 1.29 is 22.7 Å². The number of carbonyl (C=O) groups is 2. The molecule has 7 nitrogen and oxygen atoms in total. The highest BCUT2D eigenvalue weighted by molar-refractivity contribution is 7.90. The van der Waals surface area contributed by atoms with E-state index in [1.165, 1.54) is 36.8 Å². The molecular formula is C17H18N2O5S2. The minimum atomic E-state index is -3.38. The lowest BCUT2D eigenvalue weighted by Gasteiger charge is -2.13. The Morgan fingerprint density at radius 3 is 2.81 bits per heavy atom. The second kappa shape index (κ2) is 7.16. The van der Waals surface area contributed by atoms with Crippen LogP contribution < -0.4 is 4.90 Å². The number of nitrogens with zero attached hydrogens (tertiary/aromatic N) is 2. The molecule has 2 heterocycles. The predicted molar refractivity (Wildman–Crippen MR) is 97.4 cm³/mol. The average molecular weight is 394 g/mol. The van der Waals surface area contributed by atoms with Gasteiger partial charge in [0.1, 0.15) is 0 Å². The van der Waals surface area contributed by atoms with Crippen molar-refractivity contribution in [3.05, 3.63) is 40.9 Å². The van der Waals surface area contributed by atoms with E-state index in [2.05, 4.69) is 4.98 Å². The molecule has 138 valence electrons. The molecule has 0 bridgehead atoms. The summed E-state index contributed by atoms with van der Waals surface area (Å²) in [5.74, 6) is -0.699. The van der Waals surface area contributed by atoms with Gasteiger partial charge in [0.05, 0.1) is 29.0 Å². The highest BCUT2D eigenvalue weighted by Crippen LogP contribution is 2.30. The molecule has 3 rings (SSSR count). The van der Waals surface area contributed by atoms with Gasteiger partial charge in [-0.15, -0.1) is 0 Å². The predicted octanol–water partition coefficient (Wildman–Crippen LogP) is 1.78. The molecule has 1 fully saturated rings. The largest absolute Gasteiger partial charge is 0.469 e. The molecule has 0 radical (unpaired) electrons. The normalized spacial score (nSPS) is 17.3. The zero-order valence-corrected chi connectivity index (χ0v) is 16.0. The van der Waals surface area contributed by atoms with E-state index in [1.54, 1.807) is 12.1 Å². The summed E-state index contributed by atoms with van der Waals surface area (Å²) in [6, 6.07) is 5.97. The van der Waals surface area contributed by atoms with E-state index >= 15 is 0 Å². The summed E-state index contributed by atoms with van der Waals surface area (Å²) in [6.07, 6.45) is 3.28. The number of rotatable bonds is 5. The highest BCUT2D eigenvalue weighted by atomic mass is 32.2. The molecule has 1 atom stereocenters. The second-order valence-electron chi connectivity index (χ2n) is 6.09. The number of sulfone groups is 1. The van der Waals surface area contributed by atoms with Crippen molar-refractivity contribution >= 4 is 38.1 Å². The molecule has 0 aliphatic carbocycles. The fraction of sp³-hybridized carbons (Fsp3) is 0.353. The van der Waals surface area contributed by atoms with E-state index in [-0.39, 0.29) is 22.6 Å². The standard InChI is InChI=1S/C17H18N2O5S2/c1-24-16(21)12-6-7-19(10-12)17-18-9-14(25-17)15(20)11-4-3-5-13(8-11)26(2,22)23/h3-5,8-9,12H,6-7,10H2,1-2H3. The molecule has 0 N–H and O–H groups in total. The van der Waals surface area contributed by atoms with Crippen LogP contribution in [0.2, 0.25) is 0 Å². The van der Waals surface area contributed by atoms with Crippen LogP contribution in [0.25, 0.3) is 0 Å². The van der Waals surface area contributed by atoms with Gasteiger partial charge in [0, 0.05) is 24.9 Å². The number of aromatic nitrogens is 1. The number of hydrogen-bond acceptors (Lipinski definition) is 8. The van der Waals surface area contributed by atoms with Gasteiger partial charge in [0.2, 0.25) is 5.78 Å². The van der Waals surface area contributed by atoms with Crippen LogP contribution in [0.4, 0.5) is 5.13 Å². The van der Waals surface area contributed by atoms with Crippen molar-refractivity contribution in [2.75, 3.05) is 31.4 Å². The van der Waals surface area contributed by atoms with Crippen molar-refractivity contribution in [3.8, 4) is 0 Å². The number of thiazole rings is 1. The van der Waals surface area contributed by atoms with Gasteiger partial charge < -0.3 is 9.64 Å². The Morgan fingerprint density at radius 1 is 1.35 bits per heavy atom. The van der Waals surface area contributed by atoms with E-state index in [0.29, 0.717) is 35.1 Å². The molecule has 1 aliphatic heterocycles. The van der Waals surface area contributed by atoms with Gasteiger partial charge >= 0.3 is 5.97 Å². The van der Waals surface area contributed by atoms with Crippen LogP contribution in [-0.4, -0.2) is 51.6 Å². The van der Waals surface area contributed by atoms with Crippen molar-refractivity contribution in [2.24, 2.45) is 5.92 Å². The van der Waals surface area contributed by atoms with Gasteiger partial charge in [0.15, 0.2) is 15.0 Å². The summed E-state index contributed by atoms with van der Waals surface area (Å²) >= 11 is 1.23. The van der Waals surface area contributed by atoms with Crippen LogP contribution in [-0.2, 0) is 19.4 Å². The third-order valence-electron chi connectivity index (χ3n) is 4.23. The van der Waals surface area contributed by atoms with E-state index in [0.717, 1.165) is 6.26 Å². The zero-order valence-electron chi connectivity index (χ0n) is 14.3. The Labute approximate surface area is 155 Å². The van der Waals surface area contributed by atoms with Gasteiger partial charge in [-0.2, -0.15) is 0 Å². The van der Waals surface area contributed by atoms with E-state index in [9.17, 15) is 18.0 Å². The van der Waals surface area contributed by atoms with E-state index in [1.807, 2.05) is 4.90 Å². The molecule has 0 saturated carbocycles. The van der Waals surface area contributed by atoms with Crippen molar-refractivity contribution in [1.82, 2.24) is 4.98 Å². The fourth-order valence-corrected chi connectivity index (χ4v) is 4.40. The fourth-order valence-electron chi connectivity index (χ4n) is 2.82. The third-order valence-corrected chi connectivity index (χ3v) is 6.40. The average Bonchev–Trinajstić information content (AvgIpc) is 3.29. The summed E-state index contributed by atoms with van der Waals surface area (Å²) in [4.78, 5) is 31.1. The number of esters is 1. The lowest BCUT2D eigenvalue weighted by atomic mass is 10.1. The Hall–Kier alpha value is -2.26. The minimum Gasteiger partial charge on any atom is -0.469 e. The molecule has 26 heavy (non-hydrogen) atoms. The van der Waals surface area contributed by atoms with Crippen LogP contribution in [0.5, 0.6) is 0 Å². The monoisotopic (exact) mass is 394 g/mol. The lowest BCUT2D eigenvalue weighted by molar-refractivity contribution is -0.144. The molecule has 1 unspecified atom stereocenters. The minimum absolute atomic E-state index is 0.105. The maximum absolute atomic E-state index is 12.7. The van der Waals surface area contributed by atoms with Crippen LogP contribution >= 0.6 is 11.3 Å². The maximum Gasteiger partial charge on any atom is 0.310 e. The van der Waals surface area contributed by atoms with Crippen LogP contribution in [0, 0.1) is 5.92 Å². The number of ether oxygens (including phenoxy) is 1.